The Kier molecular flexibility index (Phi) is 7.28. The fourth-order valence-corrected chi connectivity index (χ4v) is 4.65. The van der Waals surface area contributed by atoms with Crippen LogP contribution >= 0.6 is 0 Å². The average Bonchev–Trinajstić information content (AvgIpc) is 2.92. The molecule has 0 aromatic heterocycles. The zero-order valence-electron chi connectivity index (χ0n) is 18.7. The number of rotatable bonds is 9. The Morgan fingerprint density at radius 1 is 1.00 bits per heavy atom. The van der Waals surface area contributed by atoms with Gasteiger partial charge >= 0.3 is 0 Å². The Balaban J connectivity index is 1.40. The van der Waals surface area contributed by atoms with Gasteiger partial charge in [-0.05, 0) is 44.2 Å². The highest BCUT2D eigenvalue weighted by Gasteiger charge is 2.41. The van der Waals surface area contributed by atoms with Crippen molar-refractivity contribution in [2.24, 2.45) is 5.41 Å². The van der Waals surface area contributed by atoms with E-state index in [9.17, 15) is 9.59 Å². The summed E-state index contributed by atoms with van der Waals surface area (Å²) in [6, 6.07) is 9.27. The lowest BCUT2D eigenvalue weighted by Crippen LogP contribution is -2.55. The minimum Gasteiger partial charge on any atom is -0.300 e. The van der Waals surface area contributed by atoms with E-state index in [1.807, 2.05) is 39.8 Å². The first-order valence-electron chi connectivity index (χ1n) is 11.4. The molecule has 2 unspecified atom stereocenters. The molecule has 0 saturated carbocycles. The maximum Gasteiger partial charge on any atom is 0.162 e. The molecule has 0 N–H and O–H groups in total. The zero-order chi connectivity index (χ0) is 21.0. The van der Waals surface area contributed by atoms with E-state index < -0.39 is 0 Å². The van der Waals surface area contributed by atoms with Gasteiger partial charge in [-0.15, -0.1) is 0 Å². The first-order chi connectivity index (χ1) is 13.8. The number of hydrogen-bond acceptors (Lipinski definition) is 4. The number of fused-ring (bicyclic) bond motifs is 2. The first-order valence-corrected chi connectivity index (χ1v) is 11.4. The Labute approximate surface area is 176 Å². The highest BCUT2D eigenvalue weighted by atomic mass is 16.1. The predicted octanol–water partition coefficient (Wildman–Crippen LogP) is 4.37. The van der Waals surface area contributed by atoms with Crippen molar-refractivity contribution >= 4 is 11.6 Å². The van der Waals surface area contributed by atoms with E-state index in [2.05, 4.69) is 21.9 Å². The molecular weight excluding hydrogens is 360 g/mol. The Morgan fingerprint density at radius 3 is 2.17 bits per heavy atom. The number of piperazine rings is 1. The molecule has 1 aromatic rings. The Bertz CT molecular complexity index is 691. The summed E-state index contributed by atoms with van der Waals surface area (Å²) in [4.78, 5) is 29.3. The monoisotopic (exact) mass is 398 g/mol. The lowest BCUT2D eigenvalue weighted by Gasteiger charge is -2.41. The standard InChI is InChI=1S/C25H38N2O2/c1-5-23(28)20-11-9-19(10-12-20)8-6-7-15-26-16-21-13-14-22(17-26)27(21)18-24(29)25(2,3)4/h9-12,21-22H,5-8,13-18H2,1-4H3. The summed E-state index contributed by atoms with van der Waals surface area (Å²) in [5.41, 5.74) is 1.91. The van der Waals surface area contributed by atoms with Gasteiger partial charge in [0.1, 0.15) is 0 Å². The van der Waals surface area contributed by atoms with Crippen molar-refractivity contribution in [1.82, 2.24) is 9.80 Å². The van der Waals surface area contributed by atoms with E-state index in [-0.39, 0.29) is 11.2 Å². The topological polar surface area (TPSA) is 40.6 Å². The number of carbonyl (C=O) groups excluding carboxylic acids is 2. The molecule has 2 saturated heterocycles. The second-order valence-corrected chi connectivity index (χ2v) is 9.92. The third kappa shape index (κ3) is 5.76. The number of ketones is 2. The van der Waals surface area contributed by atoms with Crippen LogP contribution in [-0.4, -0.2) is 59.6 Å². The van der Waals surface area contributed by atoms with Gasteiger partial charge in [0.2, 0.25) is 0 Å². The Morgan fingerprint density at radius 2 is 1.62 bits per heavy atom. The highest BCUT2D eigenvalue weighted by molar-refractivity contribution is 5.95. The van der Waals surface area contributed by atoms with E-state index in [4.69, 9.17) is 0 Å². The summed E-state index contributed by atoms with van der Waals surface area (Å²) in [6.45, 7) is 12.0. The van der Waals surface area contributed by atoms with Crippen LogP contribution in [0.2, 0.25) is 0 Å². The van der Waals surface area contributed by atoms with E-state index in [0.29, 0.717) is 30.8 Å². The third-order valence-corrected chi connectivity index (χ3v) is 6.66. The van der Waals surface area contributed by atoms with Crippen LogP contribution in [0, 0.1) is 5.41 Å². The molecular formula is C25H38N2O2. The zero-order valence-corrected chi connectivity index (χ0v) is 18.7. The van der Waals surface area contributed by atoms with Gasteiger partial charge in [0.15, 0.2) is 11.6 Å². The van der Waals surface area contributed by atoms with Crippen molar-refractivity contribution in [3.63, 3.8) is 0 Å². The number of benzene rings is 1. The van der Waals surface area contributed by atoms with Crippen LogP contribution in [0.5, 0.6) is 0 Å². The minimum absolute atomic E-state index is 0.217. The van der Waals surface area contributed by atoms with Gasteiger partial charge in [-0.1, -0.05) is 52.0 Å². The van der Waals surface area contributed by atoms with Gasteiger partial charge in [-0.3, -0.25) is 14.5 Å². The predicted molar refractivity (Wildman–Crippen MR) is 118 cm³/mol. The number of aryl methyl sites for hydroxylation is 1. The van der Waals surface area contributed by atoms with E-state index in [1.54, 1.807) is 0 Å². The fraction of sp³-hybridized carbons (Fsp3) is 0.680. The van der Waals surface area contributed by atoms with Crippen molar-refractivity contribution in [2.75, 3.05) is 26.2 Å². The molecule has 2 fully saturated rings. The lowest BCUT2D eigenvalue weighted by molar-refractivity contribution is -0.129. The molecule has 0 spiro atoms. The van der Waals surface area contributed by atoms with Crippen LogP contribution < -0.4 is 0 Å². The molecule has 2 bridgehead atoms. The quantitative estimate of drug-likeness (QED) is 0.458. The molecule has 160 valence electrons. The summed E-state index contributed by atoms with van der Waals surface area (Å²) in [5, 5.41) is 0. The SMILES string of the molecule is CCC(=O)c1ccc(CCCCN2CC3CCC(C2)N3CC(=O)C(C)(C)C)cc1. The van der Waals surface area contributed by atoms with Crippen LogP contribution in [0.3, 0.4) is 0 Å². The molecule has 1 aromatic carbocycles. The summed E-state index contributed by atoms with van der Waals surface area (Å²) < 4.78 is 0. The summed E-state index contributed by atoms with van der Waals surface area (Å²) >= 11 is 0. The number of Topliss-reactive ketones (excluding diaryl/α,β-unsaturated/α-hetero) is 2. The van der Waals surface area contributed by atoms with Crippen LogP contribution in [0.15, 0.2) is 24.3 Å². The third-order valence-electron chi connectivity index (χ3n) is 6.66. The van der Waals surface area contributed by atoms with Gasteiger partial charge in [-0.25, -0.2) is 0 Å². The molecule has 2 aliphatic rings. The highest BCUT2D eigenvalue weighted by Crippen LogP contribution is 2.31. The number of hydrogen-bond donors (Lipinski definition) is 0. The maximum atomic E-state index is 12.5. The number of likely N-dealkylation sites (tertiary alicyclic amines) is 1. The van der Waals surface area contributed by atoms with Crippen LogP contribution in [0.4, 0.5) is 0 Å². The van der Waals surface area contributed by atoms with Crippen LogP contribution in [0.25, 0.3) is 0 Å². The van der Waals surface area contributed by atoms with Crippen molar-refractivity contribution in [3.05, 3.63) is 35.4 Å². The van der Waals surface area contributed by atoms with Crippen molar-refractivity contribution in [3.8, 4) is 0 Å². The lowest BCUT2D eigenvalue weighted by atomic mass is 9.90. The van der Waals surface area contributed by atoms with Crippen molar-refractivity contribution < 1.29 is 9.59 Å². The Hall–Kier alpha value is -1.52. The van der Waals surface area contributed by atoms with E-state index >= 15 is 0 Å². The molecule has 29 heavy (non-hydrogen) atoms. The largest absolute Gasteiger partial charge is 0.300 e. The summed E-state index contributed by atoms with van der Waals surface area (Å²) in [5.74, 6) is 0.587. The molecule has 4 nitrogen and oxygen atoms in total. The molecule has 2 atom stereocenters. The van der Waals surface area contributed by atoms with Gasteiger partial charge in [-0.2, -0.15) is 0 Å². The van der Waals surface area contributed by atoms with Crippen LogP contribution in [-0.2, 0) is 11.2 Å². The minimum atomic E-state index is -0.237. The smallest absolute Gasteiger partial charge is 0.162 e. The number of nitrogens with zero attached hydrogens (tertiary/aromatic N) is 2. The first kappa shape index (κ1) is 22.2. The van der Waals surface area contributed by atoms with Gasteiger partial charge < -0.3 is 4.90 Å². The number of unbranched alkanes of at least 4 members (excludes halogenated alkanes) is 1. The molecule has 4 heteroatoms. The van der Waals surface area contributed by atoms with E-state index in [0.717, 1.165) is 31.6 Å². The van der Waals surface area contributed by atoms with Crippen molar-refractivity contribution in [2.45, 2.75) is 78.3 Å². The normalized spacial score (nSPS) is 22.8. The molecule has 0 radical (unpaired) electrons. The van der Waals surface area contributed by atoms with Gasteiger partial charge in [0.05, 0.1) is 6.54 Å². The maximum absolute atomic E-state index is 12.5. The van der Waals surface area contributed by atoms with Crippen LogP contribution in [0.1, 0.15) is 75.7 Å². The van der Waals surface area contributed by atoms with Crippen molar-refractivity contribution in [1.29, 1.82) is 0 Å². The molecule has 2 heterocycles. The second-order valence-electron chi connectivity index (χ2n) is 9.92. The average molecular weight is 399 g/mol. The fourth-order valence-electron chi connectivity index (χ4n) is 4.65. The van der Waals surface area contributed by atoms with E-state index in [1.165, 1.54) is 31.2 Å². The van der Waals surface area contributed by atoms with Gasteiger partial charge in [0, 0.05) is 42.6 Å². The molecule has 3 rings (SSSR count). The molecule has 0 amide bonds. The summed E-state index contributed by atoms with van der Waals surface area (Å²) in [6.07, 6.45) is 6.50. The number of carbonyl (C=O) groups is 2. The van der Waals surface area contributed by atoms with Gasteiger partial charge in [0.25, 0.3) is 0 Å². The second kappa shape index (κ2) is 9.53. The molecule has 0 aliphatic carbocycles. The molecule has 2 aliphatic heterocycles. The summed E-state index contributed by atoms with van der Waals surface area (Å²) in [7, 11) is 0.